The van der Waals surface area contributed by atoms with Crippen LogP contribution in [0.4, 0.5) is 13.2 Å². The number of fused-ring (bicyclic) bond motifs is 1. The summed E-state index contributed by atoms with van der Waals surface area (Å²) in [6, 6.07) is 5.84. The SMILES string of the molecule is CC(C)COC(=O)c1ccc2c(c1)CCN(C(=O)c1cc(Cl)ccc1C(F)(F)F)C2C(N)=O. The summed E-state index contributed by atoms with van der Waals surface area (Å²) in [5.41, 5.74) is 4.92. The van der Waals surface area contributed by atoms with Crippen molar-refractivity contribution in [1.82, 2.24) is 4.90 Å². The first-order chi connectivity index (χ1) is 15.4. The van der Waals surface area contributed by atoms with Gasteiger partial charge in [0.25, 0.3) is 5.91 Å². The van der Waals surface area contributed by atoms with Crippen LogP contribution < -0.4 is 5.73 Å². The van der Waals surface area contributed by atoms with Gasteiger partial charge in [0, 0.05) is 11.6 Å². The van der Waals surface area contributed by atoms with Gasteiger partial charge in [-0.15, -0.1) is 0 Å². The van der Waals surface area contributed by atoms with Gasteiger partial charge in [0.1, 0.15) is 6.04 Å². The highest BCUT2D eigenvalue weighted by molar-refractivity contribution is 6.31. The first-order valence-electron chi connectivity index (χ1n) is 10.2. The van der Waals surface area contributed by atoms with Gasteiger partial charge in [-0.25, -0.2) is 4.79 Å². The Balaban J connectivity index is 1.97. The first kappa shape index (κ1) is 24.6. The normalized spacial score (nSPS) is 15.8. The molecule has 2 aromatic rings. The maximum absolute atomic E-state index is 13.5. The van der Waals surface area contributed by atoms with Gasteiger partial charge in [-0.2, -0.15) is 13.2 Å². The maximum Gasteiger partial charge on any atom is 0.417 e. The van der Waals surface area contributed by atoms with Gasteiger partial charge in [0.15, 0.2) is 0 Å². The van der Waals surface area contributed by atoms with Crippen molar-refractivity contribution in [2.75, 3.05) is 13.2 Å². The largest absolute Gasteiger partial charge is 0.462 e. The number of alkyl halides is 3. The Morgan fingerprint density at radius 1 is 1.18 bits per heavy atom. The summed E-state index contributed by atoms with van der Waals surface area (Å²) in [6.07, 6.45) is -4.59. The zero-order valence-corrected chi connectivity index (χ0v) is 18.7. The maximum atomic E-state index is 13.5. The smallest absolute Gasteiger partial charge is 0.417 e. The molecule has 0 bridgehead atoms. The molecule has 0 radical (unpaired) electrons. The number of carbonyl (C=O) groups excluding carboxylic acids is 3. The Hall–Kier alpha value is -3.07. The first-order valence-corrected chi connectivity index (χ1v) is 10.5. The summed E-state index contributed by atoms with van der Waals surface area (Å²) in [4.78, 5) is 38.7. The minimum absolute atomic E-state index is 0.0519. The number of amides is 2. The predicted octanol–water partition coefficient (Wildman–Crippen LogP) is 4.40. The molecule has 1 atom stereocenters. The molecule has 1 heterocycles. The monoisotopic (exact) mass is 482 g/mol. The zero-order valence-electron chi connectivity index (χ0n) is 17.9. The van der Waals surface area contributed by atoms with Crippen LogP contribution in [0.25, 0.3) is 0 Å². The highest BCUT2D eigenvalue weighted by Crippen LogP contribution is 2.37. The Labute approximate surface area is 193 Å². The second-order valence-electron chi connectivity index (χ2n) is 8.15. The third-order valence-corrected chi connectivity index (χ3v) is 5.44. The molecule has 0 fully saturated rings. The highest BCUT2D eigenvalue weighted by Gasteiger charge is 2.40. The molecule has 0 saturated heterocycles. The van der Waals surface area contributed by atoms with Crippen LogP contribution in [-0.2, 0) is 22.1 Å². The van der Waals surface area contributed by atoms with Crippen molar-refractivity contribution in [1.29, 1.82) is 0 Å². The number of halogens is 4. The molecule has 10 heteroatoms. The number of rotatable bonds is 5. The topological polar surface area (TPSA) is 89.7 Å². The molecular weight excluding hydrogens is 461 g/mol. The lowest BCUT2D eigenvalue weighted by atomic mass is 9.89. The minimum atomic E-state index is -4.79. The number of ether oxygens (including phenoxy) is 1. The lowest BCUT2D eigenvalue weighted by Crippen LogP contribution is -2.46. The molecule has 2 N–H and O–H groups in total. The van der Waals surface area contributed by atoms with E-state index >= 15 is 0 Å². The summed E-state index contributed by atoms with van der Waals surface area (Å²) in [7, 11) is 0. The fourth-order valence-electron chi connectivity index (χ4n) is 3.70. The molecule has 3 rings (SSSR count). The van der Waals surface area contributed by atoms with Gasteiger partial charge in [-0.3, -0.25) is 9.59 Å². The van der Waals surface area contributed by atoms with Gasteiger partial charge < -0.3 is 15.4 Å². The molecular formula is C23H22ClF3N2O4. The third-order valence-electron chi connectivity index (χ3n) is 5.20. The molecule has 0 saturated carbocycles. The van der Waals surface area contributed by atoms with E-state index in [0.29, 0.717) is 11.1 Å². The van der Waals surface area contributed by atoms with Crippen molar-refractivity contribution in [3.63, 3.8) is 0 Å². The van der Waals surface area contributed by atoms with Crippen LogP contribution >= 0.6 is 11.6 Å². The summed E-state index contributed by atoms with van der Waals surface area (Å²) in [5.74, 6) is -2.30. The van der Waals surface area contributed by atoms with Crippen molar-refractivity contribution in [2.24, 2.45) is 11.7 Å². The Morgan fingerprint density at radius 2 is 1.88 bits per heavy atom. The molecule has 1 aliphatic rings. The molecule has 0 spiro atoms. The number of nitrogens with two attached hydrogens (primary N) is 1. The molecule has 1 aliphatic heterocycles. The van der Waals surface area contributed by atoms with E-state index in [0.717, 1.165) is 23.1 Å². The van der Waals surface area contributed by atoms with E-state index in [4.69, 9.17) is 22.1 Å². The minimum Gasteiger partial charge on any atom is -0.462 e. The van der Waals surface area contributed by atoms with E-state index in [9.17, 15) is 27.6 Å². The zero-order chi connectivity index (χ0) is 24.5. The molecule has 2 amide bonds. The second kappa shape index (κ2) is 9.43. The van der Waals surface area contributed by atoms with Crippen LogP contribution in [0.1, 0.15) is 57.3 Å². The van der Waals surface area contributed by atoms with E-state index in [1.807, 2.05) is 13.8 Å². The number of hydrogen-bond acceptors (Lipinski definition) is 4. The predicted molar refractivity (Wildman–Crippen MR) is 115 cm³/mol. The van der Waals surface area contributed by atoms with Crippen molar-refractivity contribution in [2.45, 2.75) is 32.5 Å². The van der Waals surface area contributed by atoms with Gasteiger partial charge in [0.05, 0.1) is 23.3 Å². The van der Waals surface area contributed by atoms with Gasteiger partial charge in [-0.1, -0.05) is 31.5 Å². The molecule has 2 aromatic carbocycles. The number of benzene rings is 2. The molecule has 1 unspecified atom stereocenters. The summed E-state index contributed by atoms with van der Waals surface area (Å²) in [6.45, 7) is 3.96. The lowest BCUT2D eigenvalue weighted by molar-refractivity contribution is -0.138. The van der Waals surface area contributed by atoms with Gasteiger partial charge in [0.2, 0.25) is 5.91 Å². The fraction of sp³-hybridized carbons (Fsp3) is 0.348. The molecule has 0 aliphatic carbocycles. The van der Waals surface area contributed by atoms with Gasteiger partial charge >= 0.3 is 12.1 Å². The van der Waals surface area contributed by atoms with Crippen LogP contribution in [0.5, 0.6) is 0 Å². The van der Waals surface area contributed by atoms with Crippen LogP contribution in [0, 0.1) is 5.92 Å². The quantitative estimate of drug-likeness (QED) is 0.640. The third kappa shape index (κ3) is 5.30. The number of primary amides is 1. The highest BCUT2D eigenvalue weighted by atomic mass is 35.5. The van der Waals surface area contributed by atoms with Crippen LogP contribution in [-0.4, -0.2) is 35.8 Å². The van der Waals surface area contributed by atoms with Crippen molar-refractivity contribution < 1.29 is 32.3 Å². The summed E-state index contributed by atoms with van der Waals surface area (Å²) >= 11 is 5.85. The second-order valence-corrected chi connectivity index (χ2v) is 8.58. The van der Waals surface area contributed by atoms with E-state index in [-0.39, 0.29) is 36.1 Å². The average Bonchev–Trinajstić information content (AvgIpc) is 2.74. The Kier molecular flexibility index (Phi) is 7.02. The Morgan fingerprint density at radius 3 is 2.48 bits per heavy atom. The number of esters is 1. The van der Waals surface area contributed by atoms with E-state index < -0.39 is 41.1 Å². The van der Waals surface area contributed by atoms with Gasteiger partial charge in [-0.05, 0) is 53.8 Å². The van der Waals surface area contributed by atoms with Crippen molar-refractivity contribution in [3.8, 4) is 0 Å². The van der Waals surface area contributed by atoms with Crippen LogP contribution in [0.2, 0.25) is 5.02 Å². The number of nitrogens with zero attached hydrogens (tertiary/aromatic N) is 1. The van der Waals surface area contributed by atoms with E-state index in [1.54, 1.807) is 6.07 Å². The van der Waals surface area contributed by atoms with E-state index in [2.05, 4.69) is 0 Å². The lowest BCUT2D eigenvalue weighted by Gasteiger charge is -2.36. The molecule has 33 heavy (non-hydrogen) atoms. The number of hydrogen-bond donors (Lipinski definition) is 1. The molecule has 0 aromatic heterocycles. The van der Waals surface area contributed by atoms with E-state index in [1.165, 1.54) is 12.1 Å². The molecule has 176 valence electrons. The summed E-state index contributed by atoms with van der Waals surface area (Å²) in [5, 5.41) is -0.0519. The standard InChI is InChI=1S/C23H22ClF3N2O4/c1-12(2)11-33-22(32)14-3-5-16-13(9-14)7-8-29(19(16)20(28)30)21(31)17-10-15(24)4-6-18(17)23(25,26)27/h3-6,9-10,12,19H,7-8,11H2,1-2H3,(H2,28,30). The molecule has 6 nitrogen and oxygen atoms in total. The number of carbonyl (C=O) groups is 3. The van der Waals surface area contributed by atoms with Crippen molar-refractivity contribution >= 4 is 29.4 Å². The van der Waals surface area contributed by atoms with Crippen LogP contribution in [0.3, 0.4) is 0 Å². The summed E-state index contributed by atoms with van der Waals surface area (Å²) < 4.78 is 45.7. The Bertz CT molecular complexity index is 1100. The average molecular weight is 483 g/mol. The van der Waals surface area contributed by atoms with Crippen molar-refractivity contribution in [3.05, 3.63) is 69.2 Å². The fourth-order valence-corrected chi connectivity index (χ4v) is 3.87. The van der Waals surface area contributed by atoms with Crippen LogP contribution in [0.15, 0.2) is 36.4 Å².